The number of nitrogen functional groups attached to an aromatic ring is 1. The molecular weight excluding hydrogens is 700 g/mol. The van der Waals surface area contributed by atoms with Gasteiger partial charge in [-0.15, -0.1) is 0 Å². The number of aryl methyl sites for hydroxylation is 1. The first kappa shape index (κ1) is 38.2. The number of nitrogens with one attached hydrogen (secondary N) is 3. The second kappa shape index (κ2) is 14.5. The molecule has 0 aliphatic carbocycles. The molecule has 0 spiro atoms. The first-order valence-corrected chi connectivity index (χ1v) is 16.0. The SMILES string of the molecule is C=C(F)C(=O)Nc1ccc(-c2c(-c3ccc(C(=O)NCC(F)(F)F)c(OC)c3)c3c(N)ncc(C#CC4(NC(=O)OC(C)(C)C)COC4)c3n2C)cc1. The van der Waals surface area contributed by atoms with E-state index in [2.05, 4.69) is 34.0 Å². The van der Waals surface area contributed by atoms with Gasteiger partial charge in [0.25, 0.3) is 11.8 Å². The van der Waals surface area contributed by atoms with Gasteiger partial charge < -0.3 is 40.5 Å². The molecule has 12 nitrogen and oxygen atoms in total. The van der Waals surface area contributed by atoms with Gasteiger partial charge in [0.2, 0.25) is 0 Å². The summed E-state index contributed by atoms with van der Waals surface area (Å²) in [6.07, 6.45) is -3.81. The molecule has 278 valence electrons. The number of pyridine rings is 1. The number of nitrogens with two attached hydrogens (primary N) is 1. The van der Waals surface area contributed by atoms with Gasteiger partial charge in [-0.2, -0.15) is 13.2 Å². The van der Waals surface area contributed by atoms with E-state index in [1.54, 1.807) is 52.1 Å². The lowest BCUT2D eigenvalue weighted by Crippen LogP contribution is -2.61. The van der Waals surface area contributed by atoms with E-state index in [0.717, 1.165) is 0 Å². The van der Waals surface area contributed by atoms with E-state index in [0.29, 0.717) is 38.9 Å². The van der Waals surface area contributed by atoms with E-state index < -0.39 is 47.6 Å². The Morgan fingerprint density at radius 1 is 1.09 bits per heavy atom. The lowest BCUT2D eigenvalue weighted by molar-refractivity contribution is -0.123. The fourth-order valence-corrected chi connectivity index (χ4v) is 5.61. The van der Waals surface area contributed by atoms with Gasteiger partial charge in [-0.05, 0) is 56.2 Å². The number of amides is 3. The van der Waals surface area contributed by atoms with Crippen molar-refractivity contribution in [2.24, 2.45) is 7.05 Å². The number of hydrogen-bond acceptors (Lipinski definition) is 8. The number of halogens is 4. The molecule has 5 rings (SSSR count). The van der Waals surface area contributed by atoms with Crippen molar-refractivity contribution in [2.45, 2.75) is 38.1 Å². The number of carbonyl (C=O) groups excluding carboxylic acids is 3. The quantitative estimate of drug-likeness (QED) is 0.0996. The summed E-state index contributed by atoms with van der Waals surface area (Å²) in [5.74, 6) is 3.15. The highest BCUT2D eigenvalue weighted by Gasteiger charge is 2.40. The van der Waals surface area contributed by atoms with Crippen LogP contribution in [0.3, 0.4) is 0 Å². The van der Waals surface area contributed by atoms with Gasteiger partial charge in [0, 0.05) is 24.5 Å². The lowest BCUT2D eigenvalue weighted by Gasteiger charge is -2.37. The Balaban J connectivity index is 1.68. The molecule has 0 radical (unpaired) electrons. The van der Waals surface area contributed by atoms with Crippen molar-refractivity contribution in [1.82, 2.24) is 20.2 Å². The predicted octanol–water partition coefficient (Wildman–Crippen LogP) is 5.86. The number of fused-ring (bicyclic) bond motifs is 1. The van der Waals surface area contributed by atoms with Crippen molar-refractivity contribution in [2.75, 3.05) is 37.9 Å². The normalized spacial score (nSPS) is 13.6. The molecule has 1 fully saturated rings. The minimum absolute atomic E-state index is 0.0164. The Morgan fingerprint density at radius 3 is 2.32 bits per heavy atom. The number of alkyl halides is 3. The molecule has 16 heteroatoms. The minimum atomic E-state index is -4.62. The zero-order valence-electron chi connectivity index (χ0n) is 29.4. The maximum Gasteiger partial charge on any atom is 0.409 e. The molecule has 0 saturated carbocycles. The molecule has 0 unspecified atom stereocenters. The number of benzene rings is 2. The fraction of sp³-hybridized carbons (Fsp3) is 0.297. The first-order valence-electron chi connectivity index (χ1n) is 16.0. The molecule has 1 saturated heterocycles. The van der Waals surface area contributed by atoms with Gasteiger partial charge in [0.15, 0.2) is 11.4 Å². The molecule has 1 aliphatic heterocycles. The Bertz CT molecular complexity index is 2170. The van der Waals surface area contributed by atoms with Crippen LogP contribution in [-0.4, -0.2) is 71.6 Å². The van der Waals surface area contributed by atoms with Crippen LogP contribution in [0.2, 0.25) is 0 Å². The van der Waals surface area contributed by atoms with Crippen LogP contribution >= 0.6 is 0 Å². The predicted molar refractivity (Wildman–Crippen MR) is 190 cm³/mol. The standard InChI is InChI=1S/C37H36F4N6O6/c1-20(38)32(48)45-24-10-7-21(8-11-24)29-27(22-9-12-25(26(15-22)51-6)33(49)44-17-37(39,40)41)28-30(47(29)5)23(16-43-31(28)42)13-14-36(18-52-19-36)46-34(50)53-35(2,3)4/h7-12,15-16H,1,17-19H2,2-6H3,(H2,42,43)(H,44,49)(H,45,48)(H,46,50). The minimum Gasteiger partial charge on any atom is -0.496 e. The zero-order chi connectivity index (χ0) is 38.9. The smallest absolute Gasteiger partial charge is 0.409 e. The molecular formula is C37H36F4N6O6. The van der Waals surface area contributed by atoms with Crippen molar-refractivity contribution in [3.05, 3.63) is 72.2 Å². The highest BCUT2D eigenvalue weighted by molar-refractivity contribution is 6.11. The second-order valence-electron chi connectivity index (χ2n) is 13.2. The number of hydrogen-bond donors (Lipinski definition) is 4. The van der Waals surface area contributed by atoms with Crippen molar-refractivity contribution in [3.63, 3.8) is 0 Å². The van der Waals surface area contributed by atoms with Crippen molar-refractivity contribution in [1.29, 1.82) is 0 Å². The Labute approximate surface area is 301 Å². The Hall–Kier alpha value is -6.08. The summed E-state index contributed by atoms with van der Waals surface area (Å²) in [5, 5.41) is 7.48. The summed E-state index contributed by atoms with van der Waals surface area (Å²) in [6, 6.07) is 10.8. The molecule has 5 N–H and O–H groups in total. The van der Waals surface area contributed by atoms with Crippen LogP contribution in [0.5, 0.6) is 5.75 Å². The number of anilines is 2. The molecule has 2 aromatic carbocycles. The summed E-state index contributed by atoms with van der Waals surface area (Å²) in [6.45, 7) is 6.89. The average molecular weight is 737 g/mol. The molecule has 1 aliphatic rings. The van der Waals surface area contributed by atoms with Gasteiger partial charge >= 0.3 is 12.3 Å². The molecule has 2 aromatic heterocycles. The molecule has 53 heavy (non-hydrogen) atoms. The van der Waals surface area contributed by atoms with Crippen molar-refractivity contribution < 1.29 is 46.2 Å². The largest absolute Gasteiger partial charge is 0.496 e. The third-order valence-electron chi connectivity index (χ3n) is 7.96. The molecule has 0 atom stereocenters. The van der Waals surface area contributed by atoms with Gasteiger partial charge in [-0.1, -0.05) is 36.6 Å². The highest BCUT2D eigenvalue weighted by atomic mass is 19.4. The first-order chi connectivity index (χ1) is 24.8. The van der Waals surface area contributed by atoms with Crippen LogP contribution in [-0.2, 0) is 21.3 Å². The van der Waals surface area contributed by atoms with Crippen LogP contribution in [0.25, 0.3) is 33.3 Å². The number of methoxy groups -OCH3 is 1. The van der Waals surface area contributed by atoms with Gasteiger partial charge in [0.1, 0.15) is 23.7 Å². The van der Waals surface area contributed by atoms with E-state index in [4.69, 9.17) is 19.9 Å². The van der Waals surface area contributed by atoms with Gasteiger partial charge in [-0.3, -0.25) is 9.59 Å². The van der Waals surface area contributed by atoms with Crippen molar-refractivity contribution >= 4 is 40.3 Å². The van der Waals surface area contributed by atoms with Crippen LogP contribution in [0.4, 0.5) is 33.9 Å². The van der Waals surface area contributed by atoms with E-state index in [1.165, 1.54) is 31.5 Å². The van der Waals surface area contributed by atoms with Crippen LogP contribution < -0.4 is 26.4 Å². The average Bonchev–Trinajstić information content (AvgIpc) is 3.37. The molecule has 0 bridgehead atoms. The van der Waals surface area contributed by atoms with E-state index in [1.807, 2.05) is 9.88 Å². The van der Waals surface area contributed by atoms with E-state index >= 15 is 0 Å². The third-order valence-corrected chi connectivity index (χ3v) is 7.96. The molecule has 4 aromatic rings. The van der Waals surface area contributed by atoms with Gasteiger partial charge in [0.05, 0.1) is 48.0 Å². The van der Waals surface area contributed by atoms with Crippen LogP contribution in [0.1, 0.15) is 36.7 Å². The Morgan fingerprint density at radius 2 is 1.75 bits per heavy atom. The maximum atomic E-state index is 13.4. The van der Waals surface area contributed by atoms with Crippen LogP contribution in [0, 0.1) is 11.8 Å². The number of rotatable bonds is 8. The number of alkyl carbamates (subject to hydrolysis) is 1. The summed E-state index contributed by atoms with van der Waals surface area (Å²) >= 11 is 0. The zero-order valence-corrected chi connectivity index (χ0v) is 29.4. The third kappa shape index (κ3) is 8.53. The van der Waals surface area contributed by atoms with Crippen LogP contribution in [0.15, 0.2) is 61.1 Å². The fourth-order valence-electron chi connectivity index (χ4n) is 5.61. The van der Waals surface area contributed by atoms with E-state index in [9.17, 15) is 31.9 Å². The highest BCUT2D eigenvalue weighted by Crippen LogP contribution is 2.44. The number of ether oxygens (including phenoxy) is 3. The summed E-state index contributed by atoms with van der Waals surface area (Å²) in [7, 11) is 3.03. The lowest BCUT2D eigenvalue weighted by atomic mass is 9.96. The molecule has 3 amide bonds. The number of aromatic nitrogens is 2. The Kier molecular flexibility index (Phi) is 10.4. The second-order valence-corrected chi connectivity index (χ2v) is 13.2. The van der Waals surface area contributed by atoms with E-state index in [-0.39, 0.29) is 36.0 Å². The van der Waals surface area contributed by atoms with Gasteiger partial charge in [-0.25, -0.2) is 14.2 Å². The molecule has 3 heterocycles. The summed E-state index contributed by atoms with van der Waals surface area (Å²) < 4.78 is 70.0. The maximum absolute atomic E-state index is 13.4. The topological polar surface area (TPSA) is 159 Å². The number of nitrogens with zero attached hydrogens (tertiary/aromatic N) is 2. The monoisotopic (exact) mass is 736 g/mol. The van der Waals surface area contributed by atoms with Crippen molar-refractivity contribution in [3.8, 4) is 40.0 Å². The summed E-state index contributed by atoms with van der Waals surface area (Å²) in [5.41, 5.74) is 7.95. The summed E-state index contributed by atoms with van der Waals surface area (Å²) in [4.78, 5) is 41.7. The number of carbonyl (C=O) groups is 3.